The molecule has 0 unspecified atom stereocenters. The smallest absolute Gasteiger partial charge is 0.259 e. The third-order valence-corrected chi connectivity index (χ3v) is 4.98. The van der Waals surface area contributed by atoms with Crippen molar-refractivity contribution in [3.8, 4) is 5.75 Å². The molecule has 0 aliphatic heterocycles. The number of carbonyl (C=O) groups is 2. The maximum atomic E-state index is 12.9. The fourth-order valence-corrected chi connectivity index (χ4v) is 3.31. The number of ether oxygens (including phenoxy) is 1. The summed E-state index contributed by atoms with van der Waals surface area (Å²) < 4.78 is 6.69. The Balaban J connectivity index is 1.73. The van der Waals surface area contributed by atoms with Gasteiger partial charge in [0.25, 0.3) is 5.91 Å². The van der Waals surface area contributed by atoms with Crippen LogP contribution in [0.2, 0.25) is 0 Å². The second-order valence-corrected chi connectivity index (χ2v) is 7.81. The number of benzene rings is 3. The number of hydrogen-bond acceptors (Lipinski definition) is 3. The van der Waals surface area contributed by atoms with Gasteiger partial charge in [0.05, 0.1) is 12.2 Å². The van der Waals surface area contributed by atoms with Crippen molar-refractivity contribution >= 4 is 39.1 Å². The maximum Gasteiger partial charge on any atom is 0.259 e. The normalized spacial score (nSPS) is 10.4. The second kappa shape index (κ2) is 10.1. The van der Waals surface area contributed by atoms with E-state index in [-0.39, 0.29) is 11.8 Å². The molecule has 0 bridgehead atoms. The monoisotopic (exact) mass is 466 g/mol. The lowest BCUT2D eigenvalue weighted by atomic mass is 10.1. The van der Waals surface area contributed by atoms with Gasteiger partial charge >= 0.3 is 0 Å². The summed E-state index contributed by atoms with van der Waals surface area (Å²) in [5, 5.41) is 5.65. The van der Waals surface area contributed by atoms with Crippen LogP contribution in [-0.2, 0) is 11.2 Å². The summed E-state index contributed by atoms with van der Waals surface area (Å²) >= 11 is 3.42. The minimum atomic E-state index is -0.288. The molecule has 0 saturated carbocycles. The molecule has 0 spiro atoms. The highest BCUT2D eigenvalue weighted by atomic mass is 79.9. The second-order valence-electron chi connectivity index (χ2n) is 6.89. The SMILES string of the molecule is CC(=O)Nc1cc(NC(=O)c2cc(Br)ccc2OCCc2ccccc2)ccc1C. The molecular formula is C24H23BrN2O3. The van der Waals surface area contributed by atoms with Crippen molar-refractivity contribution in [2.45, 2.75) is 20.3 Å². The molecule has 30 heavy (non-hydrogen) atoms. The van der Waals surface area contributed by atoms with E-state index in [0.29, 0.717) is 29.3 Å². The minimum absolute atomic E-state index is 0.164. The lowest BCUT2D eigenvalue weighted by Crippen LogP contribution is -2.15. The Bertz CT molecular complexity index is 1050. The highest BCUT2D eigenvalue weighted by Gasteiger charge is 2.15. The van der Waals surface area contributed by atoms with Crippen LogP contribution in [0.1, 0.15) is 28.4 Å². The van der Waals surface area contributed by atoms with E-state index in [1.54, 1.807) is 24.3 Å². The largest absolute Gasteiger partial charge is 0.492 e. The summed E-state index contributed by atoms with van der Waals surface area (Å²) in [6, 6.07) is 20.8. The molecule has 3 aromatic carbocycles. The minimum Gasteiger partial charge on any atom is -0.492 e. The van der Waals surface area contributed by atoms with Crippen LogP contribution in [0.3, 0.4) is 0 Å². The average Bonchev–Trinajstić information content (AvgIpc) is 2.72. The molecule has 154 valence electrons. The van der Waals surface area contributed by atoms with Gasteiger partial charge < -0.3 is 15.4 Å². The molecule has 3 aromatic rings. The molecule has 0 atom stereocenters. The van der Waals surface area contributed by atoms with Crippen molar-refractivity contribution in [3.63, 3.8) is 0 Å². The van der Waals surface area contributed by atoms with Gasteiger partial charge in [0.1, 0.15) is 5.75 Å². The maximum absolute atomic E-state index is 12.9. The van der Waals surface area contributed by atoms with Crippen LogP contribution in [-0.4, -0.2) is 18.4 Å². The zero-order valence-electron chi connectivity index (χ0n) is 16.9. The Labute approximate surface area is 184 Å². The number of aryl methyl sites for hydroxylation is 1. The summed E-state index contributed by atoms with van der Waals surface area (Å²) in [5.74, 6) is 0.0622. The summed E-state index contributed by atoms with van der Waals surface area (Å²) in [5.41, 5.74) is 3.76. The first-order valence-corrected chi connectivity index (χ1v) is 10.4. The third kappa shape index (κ3) is 5.94. The number of nitrogens with one attached hydrogen (secondary N) is 2. The van der Waals surface area contributed by atoms with Crippen LogP contribution in [0.5, 0.6) is 5.75 Å². The third-order valence-electron chi connectivity index (χ3n) is 4.48. The van der Waals surface area contributed by atoms with E-state index >= 15 is 0 Å². The van der Waals surface area contributed by atoms with E-state index in [4.69, 9.17) is 4.74 Å². The van der Waals surface area contributed by atoms with Crippen LogP contribution < -0.4 is 15.4 Å². The number of amides is 2. The van der Waals surface area contributed by atoms with E-state index in [0.717, 1.165) is 16.5 Å². The molecule has 2 N–H and O–H groups in total. The molecule has 3 rings (SSSR count). The number of halogens is 1. The lowest BCUT2D eigenvalue weighted by molar-refractivity contribution is -0.114. The Morgan fingerprint density at radius 1 is 0.967 bits per heavy atom. The first-order valence-electron chi connectivity index (χ1n) is 9.58. The molecule has 2 amide bonds. The first kappa shape index (κ1) is 21.6. The van der Waals surface area contributed by atoms with Crippen LogP contribution in [0.25, 0.3) is 0 Å². The van der Waals surface area contributed by atoms with Gasteiger partial charge in [0, 0.05) is 29.2 Å². The van der Waals surface area contributed by atoms with E-state index in [1.165, 1.54) is 12.5 Å². The van der Waals surface area contributed by atoms with Gasteiger partial charge in [-0.15, -0.1) is 0 Å². The fraction of sp³-hybridized carbons (Fsp3) is 0.167. The van der Waals surface area contributed by atoms with Crippen LogP contribution >= 0.6 is 15.9 Å². The molecule has 0 radical (unpaired) electrons. The number of hydrogen-bond donors (Lipinski definition) is 2. The Hall–Kier alpha value is -3.12. The van der Waals surface area contributed by atoms with E-state index in [1.807, 2.05) is 49.4 Å². The van der Waals surface area contributed by atoms with Crippen LogP contribution in [0.4, 0.5) is 11.4 Å². The molecule has 0 fully saturated rings. The highest BCUT2D eigenvalue weighted by Crippen LogP contribution is 2.26. The Morgan fingerprint density at radius 3 is 2.47 bits per heavy atom. The topological polar surface area (TPSA) is 67.4 Å². The molecular weight excluding hydrogens is 444 g/mol. The fourth-order valence-electron chi connectivity index (χ4n) is 2.95. The molecule has 6 heteroatoms. The van der Waals surface area contributed by atoms with Crippen LogP contribution in [0.15, 0.2) is 71.2 Å². The van der Waals surface area contributed by atoms with Gasteiger partial charge in [-0.2, -0.15) is 0 Å². The van der Waals surface area contributed by atoms with Crippen molar-refractivity contribution in [2.24, 2.45) is 0 Å². The average molecular weight is 467 g/mol. The summed E-state index contributed by atoms with van der Waals surface area (Å²) in [6.45, 7) is 3.80. The van der Waals surface area contributed by atoms with Crippen molar-refractivity contribution in [1.29, 1.82) is 0 Å². The molecule has 0 aliphatic carbocycles. The summed E-state index contributed by atoms with van der Waals surface area (Å²) in [7, 11) is 0. The van der Waals surface area contributed by atoms with Gasteiger partial charge in [-0.3, -0.25) is 9.59 Å². The summed E-state index contributed by atoms with van der Waals surface area (Å²) in [4.78, 5) is 24.3. The highest BCUT2D eigenvalue weighted by molar-refractivity contribution is 9.10. The van der Waals surface area contributed by atoms with Gasteiger partial charge in [-0.25, -0.2) is 0 Å². The number of anilines is 2. The molecule has 5 nitrogen and oxygen atoms in total. The standard InChI is InChI=1S/C24H23BrN2O3/c1-16-8-10-20(15-22(16)26-17(2)28)27-24(29)21-14-19(25)9-11-23(21)30-13-12-18-6-4-3-5-7-18/h3-11,14-15H,12-13H2,1-2H3,(H,26,28)(H,27,29). The Kier molecular flexibility index (Phi) is 7.25. The number of carbonyl (C=O) groups excluding carboxylic acids is 2. The van der Waals surface area contributed by atoms with Crippen LogP contribution in [0, 0.1) is 6.92 Å². The Morgan fingerprint density at radius 2 is 1.73 bits per heavy atom. The zero-order valence-corrected chi connectivity index (χ0v) is 18.5. The molecule has 0 aromatic heterocycles. The van der Waals surface area contributed by atoms with Crippen molar-refractivity contribution < 1.29 is 14.3 Å². The molecule has 0 aliphatic rings. The quantitative estimate of drug-likeness (QED) is 0.476. The van der Waals surface area contributed by atoms with Gasteiger partial charge in [-0.05, 0) is 48.4 Å². The molecule has 0 heterocycles. The lowest BCUT2D eigenvalue weighted by Gasteiger charge is -2.14. The first-order chi connectivity index (χ1) is 14.4. The van der Waals surface area contributed by atoms with Gasteiger partial charge in [0.15, 0.2) is 0 Å². The predicted octanol–water partition coefficient (Wildman–Crippen LogP) is 5.59. The van der Waals surface area contributed by atoms with Gasteiger partial charge in [0.2, 0.25) is 5.91 Å². The molecule has 0 saturated heterocycles. The number of rotatable bonds is 7. The van der Waals surface area contributed by atoms with E-state index < -0.39 is 0 Å². The van der Waals surface area contributed by atoms with Gasteiger partial charge in [-0.1, -0.05) is 52.3 Å². The van der Waals surface area contributed by atoms with Crippen molar-refractivity contribution in [1.82, 2.24) is 0 Å². The summed E-state index contributed by atoms with van der Waals surface area (Å²) in [6.07, 6.45) is 0.746. The van der Waals surface area contributed by atoms with E-state index in [9.17, 15) is 9.59 Å². The van der Waals surface area contributed by atoms with Crippen molar-refractivity contribution in [3.05, 3.63) is 87.9 Å². The zero-order chi connectivity index (χ0) is 21.5. The van der Waals surface area contributed by atoms with E-state index in [2.05, 4.69) is 26.6 Å². The van der Waals surface area contributed by atoms with Crippen molar-refractivity contribution in [2.75, 3.05) is 17.2 Å². The predicted molar refractivity (Wildman–Crippen MR) is 123 cm³/mol.